The van der Waals surface area contributed by atoms with Gasteiger partial charge in [0, 0.05) is 5.56 Å². The monoisotopic (exact) mass is 501 g/mol. The Hall–Kier alpha value is -3.36. The molecule has 3 aromatic carbocycles. The first-order chi connectivity index (χ1) is 16.4. The number of ether oxygens (including phenoxy) is 2. The Labute approximate surface area is 203 Å². The fourth-order valence-electron chi connectivity index (χ4n) is 3.27. The first-order valence-electron chi connectivity index (χ1n) is 10.1. The van der Waals surface area contributed by atoms with E-state index in [1.807, 2.05) is 0 Å². The number of benzene rings is 3. The molecule has 1 heterocycles. The molecule has 0 spiro atoms. The molecule has 3 aromatic rings. The number of halogens is 3. The van der Waals surface area contributed by atoms with Crippen molar-refractivity contribution in [2.24, 2.45) is 0 Å². The van der Waals surface area contributed by atoms with Gasteiger partial charge in [-0.3, -0.25) is 14.5 Å². The molecule has 0 atom stereocenters. The molecule has 0 unspecified atom stereocenters. The Balaban J connectivity index is 1.50. The highest BCUT2D eigenvalue weighted by Crippen LogP contribution is 2.35. The predicted octanol–water partition coefficient (Wildman–Crippen LogP) is 6.44. The minimum Gasteiger partial charge on any atom is -0.493 e. The third-order valence-electron chi connectivity index (χ3n) is 5.05. The molecule has 34 heavy (non-hydrogen) atoms. The van der Waals surface area contributed by atoms with E-state index in [-0.39, 0.29) is 28.6 Å². The van der Waals surface area contributed by atoms with Gasteiger partial charge in [-0.25, -0.2) is 8.78 Å². The van der Waals surface area contributed by atoms with Crippen molar-refractivity contribution in [1.82, 2.24) is 4.90 Å². The third-order valence-corrected chi connectivity index (χ3v) is 6.31. The van der Waals surface area contributed by atoms with Crippen LogP contribution >= 0.6 is 23.4 Å². The van der Waals surface area contributed by atoms with Crippen molar-refractivity contribution in [2.45, 2.75) is 13.2 Å². The molecule has 0 radical (unpaired) electrons. The maximum absolute atomic E-state index is 14.0. The maximum Gasteiger partial charge on any atom is 0.293 e. The van der Waals surface area contributed by atoms with E-state index in [1.54, 1.807) is 30.3 Å². The van der Waals surface area contributed by atoms with Gasteiger partial charge in [-0.15, -0.1) is 0 Å². The Morgan fingerprint density at radius 1 is 1.03 bits per heavy atom. The average Bonchev–Trinajstić information content (AvgIpc) is 3.08. The molecule has 5 nitrogen and oxygen atoms in total. The van der Waals surface area contributed by atoms with E-state index < -0.39 is 22.8 Å². The van der Waals surface area contributed by atoms with Crippen LogP contribution in [0.1, 0.15) is 16.7 Å². The smallest absolute Gasteiger partial charge is 0.293 e. The normalized spacial score (nSPS) is 14.7. The first kappa shape index (κ1) is 23.8. The maximum atomic E-state index is 14.0. The number of thioether (sulfide) groups is 1. The topological polar surface area (TPSA) is 55.8 Å². The molecule has 1 aliphatic heterocycles. The fourth-order valence-corrected chi connectivity index (χ4v) is 4.33. The number of nitrogens with zero attached hydrogens (tertiary/aromatic N) is 1. The largest absolute Gasteiger partial charge is 0.493 e. The molecule has 1 fully saturated rings. The number of amides is 2. The van der Waals surface area contributed by atoms with Crippen LogP contribution in [0, 0.1) is 11.6 Å². The van der Waals surface area contributed by atoms with Gasteiger partial charge in [-0.05, 0) is 65.4 Å². The molecule has 0 saturated carbocycles. The zero-order valence-electron chi connectivity index (χ0n) is 17.9. The summed E-state index contributed by atoms with van der Waals surface area (Å²) in [5.41, 5.74) is 1.48. The summed E-state index contributed by atoms with van der Waals surface area (Å²) in [6, 6.07) is 15.0. The molecule has 0 bridgehead atoms. The van der Waals surface area contributed by atoms with Gasteiger partial charge in [0.2, 0.25) is 0 Å². The Morgan fingerprint density at radius 2 is 1.79 bits per heavy atom. The highest BCUT2D eigenvalue weighted by atomic mass is 35.5. The second kappa shape index (κ2) is 10.3. The van der Waals surface area contributed by atoms with Crippen LogP contribution in [0.15, 0.2) is 65.6 Å². The summed E-state index contributed by atoms with van der Waals surface area (Å²) in [4.78, 5) is 26.5. The van der Waals surface area contributed by atoms with E-state index in [0.717, 1.165) is 16.7 Å². The van der Waals surface area contributed by atoms with E-state index in [1.165, 1.54) is 43.5 Å². The number of hydrogen-bond acceptors (Lipinski definition) is 5. The van der Waals surface area contributed by atoms with Crippen molar-refractivity contribution >= 4 is 40.6 Å². The molecule has 2 amide bonds. The van der Waals surface area contributed by atoms with Crippen LogP contribution in [-0.4, -0.2) is 23.2 Å². The summed E-state index contributed by atoms with van der Waals surface area (Å²) < 4.78 is 38.2. The van der Waals surface area contributed by atoms with Crippen molar-refractivity contribution in [2.75, 3.05) is 7.11 Å². The zero-order chi connectivity index (χ0) is 24.2. The molecule has 174 valence electrons. The minimum absolute atomic E-state index is 0.0526. The molecular formula is C25H18ClF2NO4S. The second-order valence-corrected chi connectivity index (χ2v) is 8.69. The lowest BCUT2D eigenvalue weighted by Gasteiger charge is -2.13. The summed E-state index contributed by atoms with van der Waals surface area (Å²) in [5.74, 6) is -0.571. The SMILES string of the molecule is COc1cc(/C=C2\SC(=O)N(Cc3ccc(F)cc3)C2=O)ccc1OCc1c(F)cccc1Cl. The number of methoxy groups -OCH3 is 1. The van der Waals surface area contributed by atoms with Crippen LogP contribution in [-0.2, 0) is 17.9 Å². The van der Waals surface area contributed by atoms with E-state index in [0.29, 0.717) is 22.6 Å². The van der Waals surface area contributed by atoms with Crippen LogP contribution in [0.3, 0.4) is 0 Å². The number of hydrogen-bond donors (Lipinski definition) is 0. The van der Waals surface area contributed by atoms with Crippen LogP contribution in [0.4, 0.5) is 13.6 Å². The number of carbonyl (C=O) groups is 2. The number of carbonyl (C=O) groups excluding carboxylic acids is 2. The lowest BCUT2D eigenvalue weighted by molar-refractivity contribution is -0.123. The molecule has 0 aromatic heterocycles. The predicted molar refractivity (Wildman–Crippen MR) is 127 cm³/mol. The minimum atomic E-state index is -0.473. The highest BCUT2D eigenvalue weighted by molar-refractivity contribution is 8.18. The lowest BCUT2D eigenvalue weighted by Crippen LogP contribution is -2.27. The number of imide groups is 1. The van der Waals surface area contributed by atoms with E-state index in [9.17, 15) is 18.4 Å². The summed E-state index contributed by atoms with van der Waals surface area (Å²) in [6.07, 6.45) is 1.58. The Kier molecular flexibility index (Phi) is 7.19. The van der Waals surface area contributed by atoms with Gasteiger partial charge in [0.25, 0.3) is 11.1 Å². The molecule has 4 rings (SSSR count). The number of rotatable bonds is 7. The van der Waals surface area contributed by atoms with Gasteiger partial charge in [-0.2, -0.15) is 0 Å². The molecule has 9 heteroatoms. The molecule has 0 N–H and O–H groups in total. The third kappa shape index (κ3) is 5.24. The van der Waals surface area contributed by atoms with Crippen LogP contribution in [0.5, 0.6) is 11.5 Å². The molecule has 1 saturated heterocycles. The van der Waals surface area contributed by atoms with Gasteiger partial charge >= 0.3 is 0 Å². The standard InChI is InChI=1S/C25H18ClF2NO4S/c1-32-22-11-16(7-10-21(22)33-14-18-19(26)3-2-4-20(18)28)12-23-24(30)29(25(31)34-23)13-15-5-8-17(27)9-6-15/h2-12H,13-14H2,1H3/b23-12-. The summed E-state index contributed by atoms with van der Waals surface area (Å²) in [6.45, 7) is -0.0412. The van der Waals surface area contributed by atoms with Gasteiger partial charge in [0.05, 0.1) is 23.6 Å². The fraction of sp³-hybridized carbons (Fsp3) is 0.120. The van der Waals surface area contributed by atoms with E-state index in [4.69, 9.17) is 21.1 Å². The van der Waals surface area contributed by atoms with Gasteiger partial charge < -0.3 is 9.47 Å². The summed E-state index contributed by atoms with van der Waals surface area (Å²) in [5, 5.41) is -0.152. The van der Waals surface area contributed by atoms with Crippen molar-refractivity contribution in [3.63, 3.8) is 0 Å². The zero-order valence-corrected chi connectivity index (χ0v) is 19.5. The van der Waals surface area contributed by atoms with E-state index in [2.05, 4.69) is 0 Å². The molecule has 0 aliphatic carbocycles. The van der Waals surface area contributed by atoms with Gasteiger partial charge in [0.1, 0.15) is 18.2 Å². The average molecular weight is 502 g/mol. The lowest BCUT2D eigenvalue weighted by atomic mass is 10.1. The Morgan fingerprint density at radius 3 is 2.50 bits per heavy atom. The summed E-state index contributed by atoms with van der Waals surface area (Å²) in [7, 11) is 1.46. The van der Waals surface area contributed by atoms with Crippen molar-refractivity contribution < 1.29 is 27.8 Å². The first-order valence-corrected chi connectivity index (χ1v) is 11.3. The second-order valence-electron chi connectivity index (χ2n) is 7.29. The van der Waals surface area contributed by atoms with Crippen LogP contribution in [0.25, 0.3) is 6.08 Å². The molecule has 1 aliphatic rings. The Bertz CT molecular complexity index is 1260. The van der Waals surface area contributed by atoms with Gasteiger partial charge in [0.15, 0.2) is 11.5 Å². The van der Waals surface area contributed by atoms with Crippen molar-refractivity contribution in [3.05, 3.63) is 98.9 Å². The summed E-state index contributed by atoms with van der Waals surface area (Å²) >= 11 is 6.87. The van der Waals surface area contributed by atoms with Crippen molar-refractivity contribution in [3.8, 4) is 11.5 Å². The molecular weight excluding hydrogens is 484 g/mol. The highest BCUT2D eigenvalue weighted by Gasteiger charge is 2.35. The van der Waals surface area contributed by atoms with Crippen molar-refractivity contribution in [1.29, 1.82) is 0 Å². The van der Waals surface area contributed by atoms with Gasteiger partial charge in [-0.1, -0.05) is 35.9 Å². The quantitative estimate of drug-likeness (QED) is 0.349. The van der Waals surface area contributed by atoms with E-state index >= 15 is 0 Å². The van der Waals surface area contributed by atoms with Crippen LogP contribution < -0.4 is 9.47 Å². The van der Waals surface area contributed by atoms with Crippen LogP contribution in [0.2, 0.25) is 5.02 Å².